The zero-order valence-electron chi connectivity index (χ0n) is 15.2. The summed E-state index contributed by atoms with van der Waals surface area (Å²) in [7, 11) is -2.43. The first kappa shape index (κ1) is 20.7. The quantitative estimate of drug-likeness (QED) is 0.539. The molecule has 1 N–H and O–H groups in total. The van der Waals surface area contributed by atoms with Crippen LogP contribution >= 0.6 is 22.9 Å². The number of amides is 1. The molecule has 0 radical (unpaired) electrons. The summed E-state index contributed by atoms with van der Waals surface area (Å²) in [6.07, 6.45) is 3.98. The fourth-order valence-electron chi connectivity index (χ4n) is 2.99. The molecule has 0 fully saturated rings. The second-order valence-electron chi connectivity index (χ2n) is 6.18. The number of aryl methyl sites for hydroxylation is 1. The Balaban J connectivity index is 1.96. The third kappa shape index (κ3) is 3.89. The predicted molar refractivity (Wildman–Crippen MR) is 105 cm³/mol. The van der Waals surface area contributed by atoms with Crippen LogP contribution in [0.15, 0.2) is 11.4 Å². The van der Waals surface area contributed by atoms with Crippen LogP contribution in [0, 0.1) is 0 Å². The number of hydrogen-bond acceptors (Lipinski definition) is 8. The lowest BCUT2D eigenvalue weighted by molar-refractivity contribution is 0.0601. The number of methoxy groups -OCH3 is 1. The Hall–Kier alpha value is -2.04. The van der Waals surface area contributed by atoms with E-state index in [0.29, 0.717) is 17.0 Å². The highest BCUT2D eigenvalue weighted by atomic mass is 35.5. The molecule has 0 unspecified atom stereocenters. The molecular weight excluding hydrogens is 426 g/mol. The molecule has 0 aromatic carbocycles. The van der Waals surface area contributed by atoms with Gasteiger partial charge in [-0.3, -0.25) is 4.79 Å². The fraction of sp³-hybridized carbons (Fsp3) is 0.412. The predicted octanol–water partition coefficient (Wildman–Crippen LogP) is 2.90. The van der Waals surface area contributed by atoms with E-state index in [1.165, 1.54) is 18.4 Å². The van der Waals surface area contributed by atoms with Gasteiger partial charge in [-0.25, -0.2) is 23.2 Å². The van der Waals surface area contributed by atoms with Crippen molar-refractivity contribution in [1.29, 1.82) is 0 Å². The Labute approximate surface area is 171 Å². The highest BCUT2D eigenvalue weighted by molar-refractivity contribution is 7.91. The van der Waals surface area contributed by atoms with Crippen molar-refractivity contribution in [3.8, 4) is 0 Å². The highest BCUT2D eigenvalue weighted by Crippen LogP contribution is 2.39. The van der Waals surface area contributed by atoms with Gasteiger partial charge in [0, 0.05) is 4.88 Å². The summed E-state index contributed by atoms with van der Waals surface area (Å²) in [5.74, 6) is -1.39. The summed E-state index contributed by atoms with van der Waals surface area (Å²) in [4.78, 5) is 33.6. The Bertz CT molecular complexity index is 1050. The molecule has 0 atom stereocenters. The van der Waals surface area contributed by atoms with E-state index in [0.717, 1.165) is 35.9 Å². The van der Waals surface area contributed by atoms with Crippen molar-refractivity contribution in [1.82, 2.24) is 9.97 Å². The van der Waals surface area contributed by atoms with Crippen molar-refractivity contribution >= 4 is 49.7 Å². The average molecular weight is 444 g/mol. The number of carbonyl (C=O) groups is 2. The molecule has 28 heavy (non-hydrogen) atoms. The molecular formula is C17H18ClN3O5S2. The van der Waals surface area contributed by atoms with Crippen LogP contribution in [0.5, 0.6) is 0 Å². The Morgan fingerprint density at radius 1 is 1.36 bits per heavy atom. The van der Waals surface area contributed by atoms with Crippen LogP contribution in [0.2, 0.25) is 5.02 Å². The third-order valence-corrected chi connectivity index (χ3v) is 7.41. The van der Waals surface area contributed by atoms with Crippen molar-refractivity contribution in [3.05, 3.63) is 32.9 Å². The molecule has 2 aromatic heterocycles. The third-order valence-electron chi connectivity index (χ3n) is 4.23. The minimum Gasteiger partial charge on any atom is -0.465 e. The topological polar surface area (TPSA) is 115 Å². The first-order chi connectivity index (χ1) is 13.3. The van der Waals surface area contributed by atoms with Gasteiger partial charge >= 0.3 is 5.97 Å². The lowest BCUT2D eigenvalue weighted by Crippen LogP contribution is -2.19. The largest absolute Gasteiger partial charge is 0.465 e. The molecule has 8 nitrogen and oxygen atoms in total. The molecule has 0 saturated heterocycles. The number of fused-ring (bicyclic) bond motifs is 1. The highest BCUT2D eigenvalue weighted by Gasteiger charge is 2.29. The molecule has 0 bridgehead atoms. The Kier molecular flexibility index (Phi) is 6.01. The van der Waals surface area contributed by atoms with E-state index >= 15 is 0 Å². The molecule has 0 spiro atoms. The van der Waals surface area contributed by atoms with Crippen LogP contribution in [0.25, 0.3) is 0 Å². The van der Waals surface area contributed by atoms with E-state index in [2.05, 4.69) is 15.3 Å². The van der Waals surface area contributed by atoms with Gasteiger partial charge in [0.15, 0.2) is 5.69 Å². The molecule has 2 heterocycles. The van der Waals surface area contributed by atoms with Crippen molar-refractivity contribution < 1.29 is 22.7 Å². The summed E-state index contributed by atoms with van der Waals surface area (Å²) in [6.45, 7) is 1.71. The molecule has 0 saturated carbocycles. The molecule has 1 aliphatic carbocycles. The zero-order valence-corrected chi connectivity index (χ0v) is 17.6. The first-order valence-corrected chi connectivity index (χ1v) is 11.4. The smallest absolute Gasteiger partial charge is 0.341 e. The summed E-state index contributed by atoms with van der Waals surface area (Å²) < 4.78 is 29.2. The molecule has 1 amide bonds. The number of rotatable bonds is 6. The lowest BCUT2D eigenvalue weighted by atomic mass is 10.1. The van der Waals surface area contributed by atoms with E-state index < -0.39 is 26.9 Å². The number of hydrogen-bond donors (Lipinski definition) is 1. The molecule has 1 aliphatic rings. The van der Waals surface area contributed by atoms with E-state index in [1.807, 2.05) is 0 Å². The van der Waals surface area contributed by atoms with Gasteiger partial charge in [0.1, 0.15) is 5.00 Å². The minimum atomic E-state index is -3.71. The maximum atomic E-state index is 12.7. The van der Waals surface area contributed by atoms with Crippen LogP contribution < -0.4 is 5.32 Å². The maximum absolute atomic E-state index is 12.7. The summed E-state index contributed by atoms with van der Waals surface area (Å²) >= 11 is 7.32. The van der Waals surface area contributed by atoms with Gasteiger partial charge in [-0.05, 0) is 31.2 Å². The lowest BCUT2D eigenvalue weighted by Gasteiger charge is -2.09. The molecule has 150 valence electrons. The number of anilines is 1. The van der Waals surface area contributed by atoms with Crippen molar-refractivity contribution in [3.63, 3.8) is 0 Å². The van der Waals surface area contributed by atoms with E-state index in [-0.39, 0.29) is 16.5 Å². The van der Waals surface area contributed by atoms with Gasteiger partial charge < -0.3 is 10.1 Å². The number of halogens is 1. The summed E-state index contributed by atoms with van der Waals surface area (Å²) in [5, 5.41) is 2.43. The second kappa shape index (κ2) is 8.14. The van der Waals surface area contributed by atoms with Gasteiger partial charge in [-0.15, -0.1) is 11.3 Å². The number of esters is 1. The van der Waals surface area contributed by atoms with Gasteiger partial charge in [-0.1, -0.05) is 18.5 Å². The number of nitrogens with one attached hydrogen (secondary N) is 1. The molecule has 0 aliphatic heterocycles. The Morgan fingerprint density at radius 3 is 2.79 bits per heavy atom. The Morgan fingerprint density at radius 2 is 2.11 bits per heavy atom. The van der Waals surface area contributed by atoms with Gasteiger partial charge in [0.05, 0.1) is 29.6 Å². The summed E-state index contributed by atoms with van der Waals surface area (Å²) in [5.41, 5.74) is 0.945. The zero-order chi connectivity index (χ0) is 20.5. The van der Waals surface area contributed by atoms with E-state index in [1.54, 1.807) is 6.92 Å². The molecule has 11 heteroatoms. The number of ether oxygens (including phenoxy) is 1. The van der Waals surface area contributed by atoms with Crippen LogP contribution in [-0.4, -0.2) is 43.1 Å². The second-order valence-corrected chi connectivity index (χ2v) is 9.69. The molecule has 2 aromatic rings. The van der Waals surface area contributed by atoms with Gasteiger partial charge in [0.25, 0.3) is 5.91 Å². The van der Waals surface area contributed by atoms with Crippen LogP contribution in [0.1, 0.15) is 51.1 Å². The minimum absolute atomic E-state index is 0.0864. The van der Waals surface area contributed by atoms with Gasteiger partial charge in [-0.2, -0.15) is 0 Å². The normalized spacial score (nSPS) is 13.2. The fourth-order valence-corrected chi connectivity index (χ4v) is 5.61. The van der Waals surface area contributed by atoms with Crippen molar-refractivity contribution in [2.45, 2.75) is 37.8 Å². The van der Waals surface area contributed by atoms with Crippen molar-refractivity contribution in [2.75, 3.05) is 18.2 Å². The summed E-state index contributed by atoms with van der Waals surface area (Å²) in [6, 6.07) is 0. The average Bonchev–Trinajstić information content (AvgIpc) is 3.21. The number of sulfone groups is 1. The monoisotopic (exact) mass is 443 g/mol. The number of thiophene rings is 1. The van der Waals surface area contributed by atoms with Gasteiger partial charge in [0.2, 0.25) is 15.0 Å². The van der Waals surface area contributed by atoms with Crippen LogP contribution in [0.3, 0.4) is 0 Å². The number of nitrogens with zero attached hydrogens (tertiary/aromatic N) is 2. The number of aromatic nitrogens is 2. The first-order valence-electron chi connectivity index (χ1n) is 8.58. The van der Waals surface area contributed by atoms with Crippen LogP contribution in [-0.2, 0) is 27.4 Å². The standard InChI is InChI=1S/C17H18ClN3O5S2/c1-3-7-28(24,25)17-19-8-10(18)13(20-17)14(22)21-15-12(16(23)26-2)9-5-4-6-11(9)27-15/h8H,3-7H2,1-2H3,(H,21,22). The number of carbonyl (C=O) groups excluding carboxylic acids is 2. The molecule has 3 rings (SSSR count). The SMILES string of the molecule is CCCS(=O)(=O)c1ncc(Cl)c(C(=O)Nc2sc3c(c2C(=O)OC)CCC3)n1. The maximum Gasteiger partial charge on any atom is 0.341 e. The van der Waals surface area contributed by atoms with Crippen LogP contribution in [0.4, 0.5) is 5.00 Å². The van der Waals surface area contributed by atoms with Crippen molar-refractivity contribution in [2.24, 2.45) is 0 Å². The van der Waals surface area contributed by atoms with E-state index in [9.17, 15) is 18.0 Å². The van der Waals surface area contributed by atoms with E-state index in [4.69, 9.17) is 16.3 Å².